The van der Waals surface area contributed by atoms with E-state index in [0.717, 1.165) is 54.4 Å². The van der Waals surface area contributed by atoms with Crippen molar-refractivity contribution >= 4 is 39.0 Å². The molecule has 5 rings (SSSR count). The fourth-order valence-corrected chi connectivity index (χ4v) is 6.61. The van der Waals surface area contributed by atoms with Gasteiger partial charge in [-0.3, -0.25) is 4.79 Å². The standard InChI is InChI=1S/C28H36FN5O3S/c1-17-24-26(33-22-11-6-18(29)15-23(22)37-21-9-7-20(36-3)8-10-21)31-16-32-28(24)38-25(17)27(35)30-13-12-19-5-4-14-34(19)2/h6,11,15-16,19-21H,4-5,7-10,12-14H2,1-3H3,(H,30,35)(H,31,32,33). The van der Waals surface area contributed by atoms with Crippen LogP contribution < -0.4 is 15.4 Å². The second-order valence-corrected chi connectivity index (χ2v) is 11.3. The van der Waals surface area contributed by atoms with Gasteiger partial charge in [-0.25, -0.2) is 14.4 Å². The van der Waals surface area contributed by atoms with E-state index in [-0.39, 0.29) is 23.9 Å². The number of rotatable bonds is 9. The number of hydrogen-bond donors (Lipinski definition) is 2. The van der Waals surface area contributed by atoms with Crippen molar-refractivity contribution in [2.75, 3.05) is 32.6 Å². The molecule has 2 aliphatic rings. The molecule has 1 aromatic carbocycles. The first-order valence-corrected chi connectivity index (χ1v) is 14.2. The second-order valence-electron chi connectivity index (χ2n) is 10.3. The molecule has 2 fully saturated rings. The smallest absolute Gasteiger partial charge is 0.261 e. The highest BCUT2D eigenvalue weighted by Gasteiger charge is 2.25. The van der Waals surface area contributed by atoms with Crippen molar-refractivity contribution in [2.24, 2.45) is 0 Å². The second kappa shape index (κ2) is 11.9. The molecule has 1 aliphatic heterocycles. The Labute approximate surface area is 226 Å². The zero-order valence-electron chi connectivity index (χ0n) is 22.3. The zero-order chi connectivity index (χ0) is 26.6. The largest absolute Gasteiger partial charge is 0.488 e. The summed E-state index contributed by atoms with van der Waals surface area (Å²) in [6.45, 7) is 3.68. The molecular weight excluding hydrogens is 505 g/mol. The minimum atomic E-state index is -0.363. The van der Waals surface area contributed by atoms with Crippen LogP contribution in [0.25, 0.3) is 10.2 Å². The van der Waals surface area contributed by atoms with E-state index in [9.17, 15) is 9.18 Å². The van der Waals surface area contributed by atoms with E-state index in [1.54, 1.807) is 13.2 Å². The minimum Gasteiger partial charge on any atom is -0.488 e. The third-order valence-corrected chi connectivity index (χ3v) is 9.01. The van der Waals surface area contributed by atoms with Gasteiger partial charge in [-0.1, -0.05) is 0 Å². The van der Waals surface area contributed by atoms with E-state index in [2.05, 4.69) is 32.5 Å². The summed E-state index contributed by atoms with van der Waals surface area (Å²) in [5.41, 5.74) is 1.45. The number of thiophene rings is 1. The van der Waals surface area contributed by atoms with Gasteiger partial charge in [0.25, 0.3) is 5.91 Å². The summed E-state index contributed by atoms with van der Waals surface area (Å²) in [6.07, 6.45) is 8.62. The molecule has 2 aromatic heterocycles. The number of methoxy groups -OCH3 is 1. The summed E-state index contributed by atoms with van der Waals surface area (Å²) in [7, 11) is 3.88. The topological polar surface area (TPSA) is 88.6 Å². The average Bonchev–Trinajstić information content (AvgIpc) is 3.49. The van der Waals surface area contributed by atoms with Gasteiger partial charge in [-0.05, 0) is 83.2 Å². The Bertz CT molecular complexity index is 1280. The summed E-state index contributed by atoms with van der Waals surface area (Å²) in [6, 6.07) is 5.00. The Morgan fingerprint density at radius 3 is 2.71 bits per heavy atom. The van der Waals surface area contributed by atoms with Gasteiger partial charge in [0, 0.05) is 25.8 Å². The third-order valence-electron chi connectivity index (χ3n) is 7.81. The van der Waals surface area contributed by atoms with Crippen molar-refractivity contribution in [2.45, 2.75) is 70.1 Å². The lowest BCUT2D eigenvalue weighted by Gasteiger charge is -2.28. The van der Waals surface area contributed by atoms with Gasteiger partial charge < -0.3 is 25.0 Å². The summed E-state index contributed by atoms with van der Waals surface area (Å²) >= 11 is 1.36. The first-order chi connectivity index (χ1) is 18.4. The highest BCUT2D eigenvalue weighted by atomic mass is 32.1. The number of carbonyl (C=O) groups excluding carboxylic acids is 1. The number of nitrogens with zero attached hydrogens (tertiary/aromatic N) is 3. The number of hydrogen-bond acceptors (Lipinski definition) is 8. The molecule has 1 saturated carbocycles. The van der Waals surface area contributed by atoms with Gasteiger partial charge in [0.05, 0.1) is 28.2 Å². The Morgan fingerprint density at radius 2 is 1.97 bits per heavy atom. The lowest BCUT2D eigenvalue weighted by molar-refractivity contribution is 0.0329. The molecule has 1 amide bonds. The average molecular weight is 542 g/mol. The molecule has 204 valence electrons. The molecule has 1 unspecified atom stereocenters. The van der Waals surface area contributed by atoms with Gasteiger partial charge in [0.2, 0.25) is 0 Å². The van der Waals surface area contributed by atoms with Crippen LogP contribution in [-0.4, -0.2) is 66.3 Å². The van der Waals surface area contributed by atoms with E-state index in [1.165, 1.54) is 42.6 Å². The van der Waals surface area contributed by atoms with Crippen molar-refractivity contribution < 1.29 is 18.7 Å². The van der Waals surface area contributed by atoms with Crippen LogP contribution >= 0.6 is 11.3 Å². The van der Waals surface area contributed by atoms with Crippen LogP contribution in [-0.2, 0) is 4.74 Å². The maximum absolute atomic E-state index is 14.2. The van der Waals surface area contributed by atoms with Crippen LogP contribution in [0.5, 0.6) is 5.75 Å². The number of halogens is 1. The molecule has 10 heteroatoms. The van der Waals surface area contributed by atoms with Gasteiger partial charge >= 0.3 is 0 Å². The van der Waals surface area contributed by atoms with Crippen LogP contribution in [0.3, 0.4) is 0 Å². The number of anilines is 2. The zero-order valence-corrected chi connectivity index (χ0v) is 23.1. The minimum absolute atomic E-state index is 0.00336. The van der Waals surface area contributed by atoms with Crippen LogP contribution in [0.4, 0.5) is 15.9 Å². The number of carbonyl (C=O) groups is 1. The maximum atomic E-state index is 14.2. The van der Waals surface area contributed by atoms with E-state index >= 15 is 0 Å². The summed E-state index contributed by atoms with van der Waals surface area (Å²) in [4.78, 5) is 25.7. The Hall–Kier alpha value is -2.82. The van der Waals surface area contributed by atoms with Gasteiger partial charge in [-0.15, -0.1) is 11.3 Å². The number of aromatic nitrogens is 2. The SMILES string of the molecule is COC1CCC(Oc2cc(F)ccc2Nc2ncnc3sc(C(=O)NCCC4CCCN4C)c(C)c23)CC1. The molecular formula is C28H36FN5O3S. The number of benzene rings is 1. The van der Waals surface area contributed by atoms with E-state index in [4.69, 9.17) is 9.47 Å². The Kier molecular flexibility index (Phi) is 8.40. The lowest BCUT2D eigenvalue weighted by Crippen LogP contribution is -2.31. The molecule has 8 nitrogen and oxygen atoms in total. The number of ether oxygens (including phenoxy) is 2. The molecule has 3 heterocycles. The van der Waals surface area contributed by atoms with Gasteiger partial charge in [0.15, 0.2) is 0 Å². The molecule has 1 aliphatic carbocycles. The van der Waals surface area contributed by atoms with Crippen molar-refractivity contribution in [1.82, 2.24) is 20.2 Å². The Morgan fingerprint density at radius 1 is 1.18 bits per heavy atom. The number of nitrogens with one attached hydrogen (secondary N) is 2. The molecule has 1 atom stereocenters. The predicted octanol–water partition coefficient (Wildman–Crippen LogP) is 5.43. The maximum Gasteiger partial charge on any atom is 0.261 e. The first-order valence-electron chi connectivity index (χ1n) is 13.4. The Balaban J connectivity index is 1.32. The van der Waals surface area contributed by atoms with E-state index in [1.807, 2.05) is 6.92 Å². The van der Waals surface area contributed by atoms with Crippen LogP contribution in [0.15, 0.2) is 24.5 Å². The molecule has 38 heavy (non-hydrogen) atoms. The van der Waals surface area contributed by atoms with E-state index < -0.39 is 0 Å². The first kappa shape index (κ1) is 26.8. The summed E-state index contributed by atoms with van der Waals surface area (Å²) < 4.78 is 25.9. The van der Waals surface area contributed by atoms with Gasteiger partial charge in [0.1, 0.15) is 28.5 Å². The highest BCUT2D eigenvalue weighted by molar-refractivity contribution is 7.20. The molecule has 0 radical (unpaired) electrons. The normalized spacial score (nSPS) is 22.1. The molecule has 0 spiro atoms. The monoisotopic (exact) mass is 541 g/mol. The van der Waals surface area contributed by atoms with Gasteiger partial charge in [-0.2, -0.15) is 0 Å². The molecule has 2 N–H and O–H groups in total. The summed E-state index contributed by atoms with van der Waals surface area (Å²) in [5.74, 6) is 0.559. The van der Waals surface area contributed by atoms with Crippen molar-refractivity contribution in [1.29, 1.82) is 0 Å². The van der Waals surface area contributed by atoms with Crippen LogP contribution in [0, 0.1) is 12.7 Å². The quantitative estimate of drug-likeness (QED) is 0.373. The number of aryl methyl sites for hydroxylation is 1. The fraction of sp³-hybridized carbons (Fsp3) is 0.536. The molecule has 1 saturated heterocycles. The van der Waals surface area contributed by atoms with Crippen molar-refractivity contribution in [3.8, 4) is 5.75 Å². The van der Waals surface area contributed by atoms with Crippen LogP contribution in [0.2, 0.25) is 0 Å². The molecule has 0 bridgehead atoms. The van der Waals surface area contributed by atoms with Crippen LogP contribution in [0.1, 0.15) is 60.2 Å². The lowest BCUT2D eigenvalue weighted by atomic mass is 9.95. The number of fused-ring (bicyclic) bond motifs is 1. The van der Waals surface area contributed by atoms with Crippen molar-refractivity contribution in [3.63, 3.8) is 0 Å². The predicted molar refractivity (Wildman–Crippen MR) is 148 cm³/mol. The number of amides is 1. The fourth-order valence-electron chi connectivity index (χ4n) is 5.55. The van der Waals surface area contributed by atoms with E-state index in [0.29, 0.717) is 34.7 Å². The summed E-state index contributed by atoms with van der Waals surface area (Å²) in [5, 5.41) is 7.21. The molecule has 3 aromatic rings. The highest BCUT2D eigenvalue weighted by Crippen LogP contribution is 2.37. The number of likely N-dealkylation sites (tertiary alicyclic amines) is 1. The van der Waals surface area contributed by atoms with Crippen molar-refractivity contribution in [3.05, 3.63) is 40.8 Å². The third kappa shape index (κ3) is 5.92.